The molecule has 0 aliphatic rings. The molecule has 0 aliphatic carbocycles. The molecule has 0 spiro atoms. The van der Waals surface area contributed by atoms with E-state index in [0.29, 0.717) is 27.9 Å². The van der Waals surface area contributed by atoms with Gasteiger partial charge in [0.15, 0.2) is 12.0 Å². The smallest absolute Gasteiger partial charge is 0.339 e. The standard InChI is InChI=1S/C16H12N2O4/c1-21-16(20)11-4-2-3-5-12(11)18-15(19)10-6-7-14-13(8-10)17-9-22-14/h2-9H,1H3,(H,18,19). The first-order valence-electron chi connectivity index (χ1n) is 6.51. The number of esters is 1. The SMILES string of the molecule is COC(=O)c1ccccc1NC(=O)c1ccc2ocnc2c1. The third-order valence-electron chi connectivity index (χ3n) is 3.17. The van der Waals surface area contributed by atoms with Gasteiger partial charge < -0.3 is 14.5 Å². The van der Waals surface area contributed by atoms with Gasteiger partial charge in [0.25, 0.3) is 5.91 Å². The number of fused-ring (bicyclic) bond motifs is 1. The molecule has 0 unspecified atom stereocenters. The van der Waals surface area contributed by atoms with Gasteiger partial charge >= 0.3 is 5.97 Å². The van der Waals surface area contributed by atoms with Gasteiger partial charge in [-0.15, -0.1) is 0 Å². The highest BCUT2D eigenvalue weighted by Crippen LogP contribution is 2.19. The lowest BCUT2D eigenvalue weighted by molar-refractivity contribution is 0.0602. The van der Waals surface area contributed by atoms with Crippen LogP contribution < -0.4 is 5.32 Å². The van der Waals surface area contributed by atoms with Gasteiger partial charge in [-0.25, -0.2) is 9.78 Å². The molecule has 0 bridgehead atoms. The zero-order valence-corrected chi connectivity index (χ0v) is 11.7. The van der Waals surface area contributed by atoms with Crippen LogP contribution in [0.2, 0.25) is 0 Å². The van der Waals surface area contributed by atoms with Crippen molar-refractivity contribution in [1.82, 2.24) is 4.98 Å². The molecule has 1 aromatic heterocycles. The Labute approximate surface area is 125 Å². The van der Waals surface area contributed by atoms with Crippen LogP contribution >= 0.6 is 0 Å². The fraction of sp³-hybridized carbons (Fsp3) is 0.0625. The lowest BCUT2D eigenvalue weighted by Gasteiger charge is -2.09. The van der Waals surface area contributed by atoms with E-state index >= 15 is 0 Å². The second kappa shape index (κ2) is 5.69. The number of hydrogen-bond donors (Lipinski definition) is 1. The van der Waals surface area contributed by atoms with Crippen LogP contribution in [0.3, 0.4) is 0 Å². The molecule has 3 aromatic rings. The number of methoxy groups -OCH3 is 1. The van der Waals surface area contributed by atoms with Gasteiger partial charge in [0.2, 0.25) is 0 Å². The number of amides is 1. The van der Waals surface area contributed by atoms with Crippen LogP contribution in [-0.2, 0) is 4.74 Å². The molecular formula is C16H12N2O4. The van der Waals surface area contributed by atoms with Crippen LogP contribution in [0.1, 0.15) is 20.7 Å². The fourth-order valence-corrected chi connectivity index (χ4v) is 2.07. The number of para-hydroxylation sites is 1. The lowest BCUT2D eigenvalue weighted by atomic mass is 10.1. The van der Waals surface area contributed by atoms with Gasteiger partial charge in [-0.05, 0) is 30.3 Å². The van der Waals surface area contributed by atoms with E-state index in [-0.39, 0.29) is 5.91 Å². The number of rotatable bonds is 3. The third-order valence-corrected chi connectivity index (χ3v) is 3.17. The summed E-state index contributed by atoms with van der Waals surface area (Å²) in [5.41, 5.74) is 2.29. The second-order valence-corrected chi connectivity index (χ2v) is 4.53. The van der Waals surface area contributed by atoms with E-state index in [1.807, 2.05) is 0 Å². The molecule has 1 N–H and O–H groups in total. The van der Waals surface area contributed by atoms with E-state index in [4.69, 9.17) is 9.15 Å². The number of oxazole rings is 1. The van der Waals surface area contributed by atoms with Crippen molar-refractivity contribution in [1.29, 1.82) is 0 Å². The Morgan fingerprint density at radius 1 is 1.18 bits per heavy atom. The van der Waals surface area contributed by atoms with Crippen LogP contribution in [0.4, 0.5) is 5.69 Å². The highest BCUT2D eigenvalue weighted by Gasteiger charge is 2.14. The quantitative estimate of drug-likeness (QED) is 0.751. The largest absolute Gasteiger partial charge is 0.465 e. The van der Waals surface area contributed by atoms with Gasteiger partial charge in [0.05, 0.1) is 18.4 Å². The number of anilines is 1. The van der Waals surface area contributed by atoms with E-state index in [9.17, 15) is 9.59 Å². The fourth-order valence-electron chi connectivity index (χ4n) is 2.07. The van der Waals surface area contributed by atoms with Crippen molar-refractivity contribution in [3.05, 3.63) is 60.0 Å². The molecule has 110 valence electrons. The molecule has 0 saturated carbocycles. The number of hydrogen-bond acceptors (Lipinski definition) is 5. The average molecular weight is 296 g/mol. The summed E-state index contributed by atoms with van der Waals surface area (Å²) in [5.74, 6) is -0.857. The van der Waals surface area contributed by atoms with E-state index in [2.05, 4.69) is 10.3 Å². The third kappa shape index (κ3) is 2.54. The first-order valence-corrected chi connectivity index (χ1v) is 6.51. The molecule has 3 rings (SSSR count). The Morgan fingerprint density at radius 3 is 2.82 bits per heavy atom. The molecule has 6 heteroatoms. The molecule has 6 nitrogen and oxygen atoms in total. The molecule has 0 saturated heterocycles. The first kappa shape index (κ1) is 13.8. The highest BCUT2D eigenvalue weighted by molar-refractivity contribution is 6.08. The van der Waals surface area contributed by atoms with Crippen molar-refractivity contribution in [2.45, 2.75) is 0 Å². The van der Waals surface area contributed by atoms with Crippen molar-refractivity contribution in [2.24, 2.45) is 0 Å². The summed E-state index contributed by atoms with van der Waals surface area (Å²) >= 11 is 0. The first-order chi connectivity index (χ1) is 10.7. The van der Waals surface area contributed by atoms with Crippen molar-refractivity contribution in [2.75, 3.05) is 12.4 Å². The summed E-state index contributed by atoms with van der Waals surface area (Å²) in [6, 6.07) is 11.6. The normalized spacial score (nSPS) is 10.4. The Bertz CT molecular complexity index is 854. The summed E-state index contributed by atoms with van der Waals surface area (Å²) in [6.07, 6.45) is 1.32. The average Bonchev–Trinajstić information content (AvgIpc) is 3.02. The van der Waals surface area contributed by atoms with Gasteiger partial charge in [0, 0.05) is 5.56 Å². The van der Waals surface area contributed by atoms with Gasteiger partial charge in [0.1, 0.15) is 5.52 Å². The molecular weight excluding hydrogens is 284 g/mol. The van der Waals surface area contributed by atoms with Crippen molar-refractivity contribution < 1.29 is 18.7 Å². The minimum absolute atomic E-state index is 0.292. The second-order valence-electron chi connectivity index (χ2n) is 4.53. The molecule has 22 heavy (non-hydrogen) atoms. The minimum atomic E-state index is -0.511. The number of benzene rings is 2. The van der Waals surface area contributed by atoms with Crippen molar-refractivity contribution >= 4 is 28.7 Å². The Hall–Kier alpha value is -3.15. The summed E-state index contributed by atoms with van der Waals surface area (Å²) in [6.45, 7) is 0. The van der Waals surface area contributed by atoms with Crippen molar-refractivity contribution in [3.8, 4) is 0 Å². The summed E-state index contributed by atoms with van der Waals surface area (Å²) in [5, 5.41) is 2.70. The van der Waals surface area contributed by atoms with Gasteiger partial charge in [-0.3, -0.25) is 4.79 Å². The van der Waals surface area contributed by atoms with Crippen LogP contribution in [0.15, 0.2) is 53.3 Å². The van der Waals surface area contributed by atoms with Crippen LogP contribution in [0.5, 0.6) is 0 Å². The molecule has 0 fully saturated rings. The van der Waals surface area contributed by atoms with Crippen molar-refractivity contribution in [3.63, 3.8) is 0 Å². The van der Waals surface area contributed by atoms with Gasteiger partial charge in [-0.2, -0.15) is 0 Å². The maximum absolute atomic E-state index is 12.3. The molecule has 1 amide bonds. The Kier molecular flexibility index (Phi) is 3.57. The summed E-state index contributed by atoms with van der Waals surface area (Å²) in [7, 11) is 1.29. The number of carbonyl (C=O) groups excluding carboxylic acids is 2. The molecule has 0 aliphatic heterocycles. The lowest BCUT2D eigenvalue weighted by Crippen LogP contribution is -2.15. The molecule has 0 atom stereocenters. The highest BCUT2D eigenvalue weighted by atomic mass is 16.5. The topological polar surface area (TPSA) is 81.4 Å². The molecule has 0 radical (unpaired) electrons. The number of nitrogens with zero attached hydrogens (tertiary/aromatic N) is 1. The predicted molar refractivity (Wildman–Crippen MR) is 79.7 cm³/mol. The predicted octanol–water partition coefficient (Wildman–Crippen LogP) is 2.87. The molecule has 1 heterocycles. The van der Waals surface area contributed by atoms with E-state index in [1.165, 1.54) is 13.5 Å². The maximum Gasteiger partial charge on any atom is 0.339 e. The summed E-state index contributed by atoms with van der Waals surface area (Å²) in [4.78, 5) is 28.0. The number of ether oxygens (including phenoxy) is 1. The zero-order valence-electron chi connectivity index (χ0n) is 11.7. The monoisotopic (exact) mass is 296 g/mol. The van der Waals surface area contributed by atoms with E-state index in [0.717, 1.165) is 0 Å². The Balaban J connectivity index is 1.89. The van der Waals surface area contributed by atoms with Crippen LogP contribution in [0, 0.1) is 0 Å². The zero-order chi connectivity index (χ0) is 15.5. The Morgan fingerprint density at radius 2 is 2.00 bits per heavy atom. The molecule has 2 aromatic carbocycles. The van der Waals surface area contributed by atoms with Crippen LogP contribution in [0.25, 0.3) is 11.1 Å². The van der Waals surface area contributed by atoms with Crippen LogP contribution in [-0.4, -0.2) is 24.0 Å². The van der Waals surface area contributed by atoms with E-state index in [1.54, 1.807) is 42.5 Å². The maximum atomic E-state index is 12.3. The van der Waals surface area contributed by atoms with Gasteiger partial charge in [-0.1, -0.05) is 12.1 Å². The number of nitrogens with one attached hydrogen (secondary N) is 1. The minimum Gasteiger partial charge on any atom is -0.465 e. The number of aromatic nitrogens is 1. The van der Waals surface area contributed by atoms with E-state index < -0.39 is 5.97 Å². The summed E-state index contributed by atoms with van der Waals surface area (Å²) < 4.78 is 9.83. The number of carbonyl (C=O) groups is 2.